The van der Waals surface area contributed by atoms with Crippen LogP contribution in [-0.4, -0.2) is 45.0 Å². The molecule has 0 aliphatic heterocycles. The molecular formula is C14H29N3O2. The Bertz CT molecular complexity index is 303. The minimum atomic E-state index is 0.144. The maximum absolute atomic E-state index is 5.98. The van der Waals surface area contributed by atoms with E-state index in [-0.39, 0.29) is 17.5 Å². The van der Waals surface area contributed by atoms with Crippen LogP contribution in [0.1, 0.15) is 40.0 Å². The first-order valence-electron chi connectivity index (χ1n) is 7.15. The fraction of sp³-hybridized carbons (Fsp3) is 0.929. The minimum Gasteiger partial charge on any atom is -0.383 e. The highest BCUT2D eigenvalue weighted by atomic mass is 16.5. The summed E-state index contributed by atoms with van der Waals surface area (Å²) < 4.78 is 10.6. The third-order valence-corrected chi connectivity index (χ3v) is 4.45. The monoisotopic (exact) mass is 271 g/mol. The lowest BCUT2D eigenvalue weighted by Crippen LogP contribution is -2.57. The second-order valence-electron chi connectivity index (χ2n) is 5.43. The molecular weight excluding hydrogens is 242 g/mol. The number of guanidine groups is 1. The molecule has 1 aliphatic rings. The highest BCUT2D eigenvalue weighted by Crippen LogP contribution is 2.50. The first-order chi connectivity index (χ1) is 9.03. The van der Waals surface area contributed by atoms with Gasteiger partial charge in [-0.1, -0.05) is 13.8 Å². The highest BCUT2D eigenvalue weighted by Gasteiger charge is 2.53. The highest BCUT2D eigenvalue weighted by molar-refractivity contribution is 5.78. The number of ether oxygens (including phenoxy) is 2. The molecule has 1 aliphatic carbocycles. The number of nitrogens with two attached hydrogens (primary N) is 1. The van der Waals surface area contributed by atoms with E-state index in [2.05, 4.69) is 24.2 Å². The van der Waals surface area contributed by atoms with Crippen molar-refractivity contribution in [1.29, 1.82) is 0 Å². The number of hydrogen-bond acceptors (Lipinski definition) is 3. The predicted molar refractivity (Wildman–Crippen MR) is 78.3 cm³/mol. The number of rotatable bonds is 7. The molecule has 19 heavy (non-hydrogen) atoms. The number of nitrogens with one attached hydrogen (secondary N) is 1. The van der Waals surface area contributed by atoms with Gasteiger partial charge in [0.2, 0.25) is 0 Å². The van der Waals surface area contributed by atoms with Gasteiger partial charge in [0.1, 0.15) is 0 Å². The van der Waals surface area contributed by atoms with Gasteiger partial charge < -0.3 is 20.5 Å². The summed E-state index contributed by atoms with van der Waals surface area (Å²) in [7, 11) is 3.47. The average molecular weight is 271 g/mol. The Labute approximate surface area is 116 Å². The molecule has 0 spiro atoms. The van der Waals surface area contributed by atoms with E-state index >= 15 is 0 Å². The second kappa shape index (κ2) is 7.10. The molecule has 0 aromatic heterocycles. The zero-order chi connectivity index (χ0) is 14.5. The van der Waals surface area contributed by atoms with Crippen molar-refractivity contribution in [1.82, 2.24) is 5.32 Å². The molecule has 5 heteroatoms. The molecule has 3 atom stereocenters. The van der Waals surface area contributed by atoms with Crippen molar-refractivity contribution in [2.75, 3.05) is 20.8 Å². The van der Waals surface area contributed by atoms with E-state index in [1.165, 1.54) is 0 Å². The van der Waals surface area contributed by atoms with E-state index in [0.717, 1.165) is 19.3 Å². The van der Waals surface area contributed by atoms with Crippen molar-refractivity contribution in [3.8, 4) is 0 Å². The Hall–Kier alpha value is -0.810. The second-order valence-corrected chi connectivity index (χ2v) is 5.43. The first kappa shape index (κ1) is 16.2. The third kappa shape index (κ3) is 3.39. The summed E-state index contributed by atoms with van der Waals surface area (Å²) in [6.07, 6.45) is 3.40. The van der Waals surface area contributed by atoms with Crippen molar-refractivity contribution in [2.24, 2.45) is 16.1 Å². The lowest BCUT2D eigenvalue weighted by molar-refractivity contribution is -0.111. The zero-order valence-corrected chi connectivity index (χ0v) is 12.9. The zero-order valence-electron chi connectivity index (χ0n) is 12.9. The van der Waals surface area contributed by atoms with Gasteiger partial charge in [0.05, 0.1) is 18.8 Å². The molecule has 0 bridgehead atoms. The van der Waals surface area contributed by atoms with Crippen molar-refractivity contribution in [3.63, 3.8) is 0 Å². The fourth-order valence-electron chi connectivity index (χ4n) is 3.16. The smallest absolute Gasteiger partial charge is 0.189 e. The topological polar surface area (TPSA) is 68.9 Å². The molecule has 112 valence electrons. The fourth-order valence-corrected chi connectivity index (χ4v) is 3.16. The average Bonchev–Trinajstić information content (AvgIpc) is 2.36. The van der Waals surface area contributed by atoms with Crippen LogP contribution in [0.3, 0.4) is 0 Å². The summed E-state index contributed by atoms with van der Waals surface area (Å²) in [5, 5.41) is 3.16. The Morgan fingerprint density at radius 1 is 1.42 bits per heavy atom. The van der Waals surface area contributed by atoms with Crippen LogP contribution in [0.2, 0.25) is 0 Å². The predicted octanol–water partition coefficient (Wildman–Crippen LogP) is 1.52. The first-order valence-corrected chi connectivity index (χ1v) is 7.15. The van der Waals surface area contributed by atoms with Crippen LogP contribution < -0.4 is 11.1 Å². The van der Waals surface area contributed by atoms with Crippen molar-refractivity contribution >= 4 is 5.96 Å². The van der Waals surface area contributed by atoms with Crippen LogP contribution in [0.25, 0.3) is 0 Å². The van der Waals surface area contributed by atoms with Gasteiger partial charge in [-0.15, -0.1) is 0 Å². The molecule has 3 N–H and O–H groups in total. The summed E-state index contributed by atoms with van der Waals surface area (Å²) in [5.41, 5.74) is 6.12. The number of hydrogen-bond donors (Lipinski definition) is 2. The van der Waals surface area contributed by atoms with Crippen LogP contribution in [0.5, 0.6) is 0 Å². The summed E-state index contributed by atoms with van der Waals surface area (Å²) >= 11 is 0. The number of aliphatic imine (C=N–C) groups is 1. The Morgan fingerprint density at radius 2 is 2.05 bits per heavy atom. The van der Waals surface area contributed by atoms with E-state index in [4.69, 9.17) is 15.2 Å². The van der Waals surface area contributed by atoms with E-state index in [1.54, 1.807) is 14.2 Å². The van der Waals surface area contributed by atoms with E-state index in [9.17, 15) is 0 Å². The Kier molecular flexibility index (Phi) is 6.07. The number of methoxy groups -OCH3 is 2. The van der Waals surface area contributed by atoms with Gasteiger partial charge >= 0.3 is 0 Å². The van der Waals surface area contributed by atoms with Gasteiger partial charge in [0.15, 0.2) is 5.96 Å². The SMILES string of the molecule is CCC1(CC)C(N=C(N)NC(C)COC)CC1OC. The lowest BCUT2D eigenvalue weighted by Gasteiger charge is -2.53. The molecule has 1 saturated carbocycles. The van der Waals surface area contributed by atoms with E-state index in [0.29, 0.717) is 18.7 Å². The number of nitrogens with zero attached hydrogens (tertiary/aromatic N) is 1. The lowest BCUT2D eigenvalue weighted by atomic mass is 9.59. The van der Waals surface area contributed by atoms with Gasteiger partial charge in [-0.2, -0.15) is 0 Å². The summed E-state index contributed by atoms with van der Waals surface area (Å²) in [4.78, 5) is 4.65. The molecule has 0 radical (unpaired) electrons. The molecule has 3 unspecified atom stereocenters. The molecule has 1 rings (SSSR count). The molecule has 0 heterocycles. The van der Waals surface area contributed by atoms with Gasteiger partial charge in [-0.3, -0.25) is 0 Å². The van der Waals surface area contributed by atoms with Gasteiger partial charge in [0.25, 0.3) is 0 Å². The summed E-state index contributed by atoms with van der Waals surface area (Å²) in [5.74, 6) is 0.510. The van der Waals surface area contributed by atoms with E-state index < -0.39 is 0 Å². The molecule has 5 nitrogen and oxygen atoms in total. The quantitative estimate of drug-likeness (QED) is 0.544. The van der Waals surface area contributed by atoms with Crippen molar-refractivity contribution in [3.05, 3.63) is 0 Å². The van der Waals surface area contributed by atoms with Crippen LogP contribution in [-0.2, 0) is 9.47 Å². The largest absolute Gasteiger partial charge is 0.383 e. The van der Waals surface area contributed by atoms with Crippen molar-refractivity contribution in [2.45, 2.75) is 58.2 Å². The standard InChI is InChI=1S/C14H29N3O2/c1-6-14(7-2)11(8-12(14)19-5)17-13(15)16-10(3)9-18-4/h10-12H,6-9H2,1-5H3,(H3,15,16,17). The summed E-state index contributed by atoms with van der Waals surface area (Å²) in [6.45, 7) is 7.05. The maximum Gasteiger partial charge on any atom is 0.189 e. The van der Waals surface area contributed by atoms with Gasteiger partial charge in [-0.05, 0) is 26.2 Å². The minimum absolute atomic E-state index is 0.144. The summed E-state index contributed by atoms with van der Waals surface area (Å²) in [6, 6.07) is 0.430. The normalized spacial score (nSPS) is 27.7. The van der Waals surface area contributed by atoms with E-state index in [1.807, 2.05) is 6.92 Å². The van der Waals surface area contributed by atoms with Gasteiger partial charge in [-0.25, -0.2) is 4.99 Å². The molecule has 0 saturated heterocycles. The van der Waals surface area contributed by atoms with Crippen LogP contribution in [0, 0.1) is 5.41 Å². The third-order valence-electron chi connectivity index (χ3n) is 4.45. The van der Waals surface area contributed by atoms with Crippen LogP contribution in [0.4, 0.5) is 0 Å². The van der Waals surface area contributed by atoms with Gasteiger partial charge in [0, 0.05) is 25.7 Å². The van der Waals surface area contributed by atoms with Crippen molar-refractivity contribution < 1.29 is 9.47 Å². The molecule has 1 fully saturated rings. The van der Waals surface area contributed by atoms with Crippen LogP contribution >= 0.6 is 0 Å². The maximum atomic E-state index is 5.98. The van der Waals surface area contributed by atoms with Crippen LogP contribution in [0.15, 0.2) is 4.99 Å². The Balaban J connectivity index is 2.65. The molecule has 0 aromatic rings. The Morgan fingerprint density at radius 3 is 2.53 bits per heavy atom. The molecule has 0 amide bonds. The molecule has 0 aromatic carbocycles.